The Kier molecular flexibility index (Phi) is 5.22. The maximum absolute atomic E-state index is 12.2. The van der Waals surface area contributed by atoms with Gasteiger partial charge in [-0.1, -0.05) is 13.8 Å². The standard InChI is InChI=1S/C12H24N2O2/c1-9(2)13-11-5-4-7-14(12(11)16)10(3)6-8-15/h9-11,13,15H,4-8H2,1-3H3. The second-order valence-corrected chi connectivity index (χ2v) is 4.91. The lowest BCUT2D eigenvalue weighted by atomic mass is 10.0. The molecule has 2 N–H and O–H groups in total. The molecule has 0 bridgehead atoms. The van der Waals surface area contributed by atoms with Crippen LogP contribution in [0.25, 0.3) is 0 Å². The van der Waals surface area contributed by atoms with Crippen molar-refractivity contribution in [2.24, 2.45) is 0 Å². The highest BCUT2D eigenvalue weighted by Gasteiger charge is 2.31. The van der Waals surface area contributed by atoms with Gasteiger partial charge < -0.3 is 15.3 Å². The van der Waals surface area contributed by atoms with Crippen LogP contribution in [0.1, 0.15) is 40.0 Å². The van der Waals surface area contributed by atoms with Gasteiger partial charge in [0.25, 0.3) is 0 Å². The summed E-state index contributed by atoms with van der Waals surface area (Å²) < 4.78 is 0. The van der Waals surface area contributed by atoms with Crippen molar-refractivity contribution < 1.29 is 9.90 Å². The number of amides is 1. The van der Waals surface area contributed by atoms with Gasteiger partial charge in [-0.05, 0) is 26.2 Å². The zero-order valence-corrected chi connectivity index (χ0v) is 10.6. The Balaban J connectivity index is 2.56. The molecule has 0 aromatic carbocycles. The van der Waals surface area contributed by atoms with Crippen molar-refractivity contribution in [3.63, 3.8) is 0 Å². The summed E-state index contributed by atoms with van der Waals surface area (Å²) in [5.41, 5.74) is 0. The summed E-state index contributed by atoms with van der Waals surface area (Å²) in [5, 5.41) is 12.2. The molecule has 0 aromatic rings. The Morgan fingerprint density at radius 2 is 2.19 bits per heavy atom. The lowest BCUT2D eigenvalue weighted by Crippen LogP contribution is -2.54. The van der Waals surface area contributed by atoms with Gasteiger partial charge in [0.15, 0.2) is 0 Å². The first-order valence-electron chi connectivity index (χ1n) is 6.23. The number of rotatable bonds is 5. The SMILES string of the molecule is CC(C)NC1CCCN(C(C)CCO)C1=O. The van der Waals surface area contributed by atoms with E-state index in [4.69, 9.17) is 5.11 Å². The molecule has 1 amide bonds. The van der Waals surface area contributed by atoms with Gasteiger partial charge >= 0.3 is 0 Å². The van der Waals surface area contributed by atoms with Crippen LogP contribution in [0, 0.1) is 0 Å². The fraction of sp³-hybridized carbons (Fsp3) is 0.917. The molecule has 1 saturated heterocycles. The van der Waals surface area contributed by atoms with E-state index in [0.717, 1.165) is 19.4 Å². The molecule has 16 heavy (non-hydrogen) atoms. The van der Waals surface area contributed by atoms with E-state index in [1.165, 1.54) is 0 Å². The maximum Gasteiger partial charge on any atom is 0.239 e. The monoisotopic (exact) mass is 228 g/mol. The fourth-order valence-electron chi connectivity index (χ4n) is 2.24. The van der Waals surface area contributed by atoms with Crippen molar-refractivity contribution in [2.75, 3.05) is 13.2 Å². The Labute approximate surface area is 98.0 Å². The number of nitrogens with zero attached hydrogens (tertiary/aromatic N) is 1. The van der Waals surface area contributed by atoms with Crippen LogP contribution >= 0.6 is 0 Å². The molecule has 0 saturated carbocycles. The van der Waals surface area contributed by atoms with Gasteiger partial charge in [-0.15, -0.1) is 0 Å². The Hall–Kier alpha value is -0.610. The number of nitrogens with one attached hydrogen (secondary N) is 1. The summed E-state index contributed by atoms with van der Waals surface area (Å²) in [4.78, 5) is 14.1. The van der Waals surface area contributed by atoms with Gasteiger partial charge in [0.2, 0.25) is 5.91 Å². The molecule has 1 rings (SSSR count). The number of aliphatic hydroxyl groups excluding tert-OH is 1. The second-order valence-electron chi connectivity index (χ2n) is 4.91. The van der Waals surface area contributed by atoms with E-state index in [9.17, 15) is 4.79 Å². The first kappa shape index (κ1) is 13.5. The molecule has 0 aliphatic carbocycles. The topological polar surface area (TPSA) is 52.6 Å². The van der Waals surface area contributed by atoms with Gasteiger partial charge in [-0.2, -0.15) is 0 Å². The molecule has 4 nitrogen and oxygen atoms in total. The lowest BCUT2D eigenvalue weighted by Gasteiger charge is -2.37. The summed E-state index contributed by atoms with van der Waals surface area (Å²) in [7, 11) is 0. The third-order valence-electron chi connectivity index (χ3n) is 3.09. The summed E-state index contributed by atoms with van der Waals surface area (Å²) in [5.74, 6) is 0.195. The summed E-state index contributed by atoms with van der Waals surface area (Å²) in [6.07, 6.45) is 2.64. The van der Waals surface area contributed by atoms with Crippen molar-refractivity contribution in [1.29, 1.82) is 0 Å². The fourth-order valence-corrected chi connectivity index (χ4v) is 2.24. The van der Waals surface area contributed by atoms with Crippen LogP contribution in [0.3, 0.4) is 0 Å². The van der Waals surface area contributed by atoms with E-state index >= 15 is 0 Å². The van der Waals surface area contributed by atoms with Crippen molar-refractivity contribution in [1.82, 2.24) is 10.2 Å². The smallest absolute Gasteiger partial charge is 0.239 e. The van der Waals surface area contributed by atoms with Crippen LogP contribution in [0.4, 0.5) is 0 Å². The van der Waals surface area contributed by atoms with Gasteiger partial charge in [0.1, 0.15) is 0 Å². The number of hydrogen-bond donors (Lipinski definition) is 2. The van der Waals surface area contributed by atoms with Crippen LogP contribution < -0.4 is 5.32 Å². The lowest BCUT2D eigenvalue weighted by molar-refractivity contribution is -0.138. The van der Waals surface area contributed by atoms with Crippen LogP contribution in [0.15, 0.2) is 0 Å². The Morgan fingerprint density at radius 3 is 2.75 bits per heavy atom. The number of aliphatic hydroxyl groups is 1. The molecule has 0 aromatic heterocycles. The number of likely N-dealkylation sites (tertiary alicyclic amines) is 1. The minimum Gasteiger partial charge on any atom is -0.396 e. The zero-order chi connectivity index (χ0) is 12.1. The third-order valence-corrected chi connectivity index (χ3v) is 3.09. The molecule has 94 valence electrons. The average molecular weight is 228 g/mol. The summed E-state index contributed by atoms with van der Waals surface area (Å²) in [6.45, 7) is 7.10. The Morgan fingerprint density at radius 1 is 1.50 bits per heavy atom. The number of piperidine rings is 1. The van der Waals surface area contributed by atoms with Crippen molar-refractivity contribution >= 4 is 5.91 Å². The molecular formula is C12H24N2O2. The van der Waals surface area contributed by atoms with Gasteiger partial charge in [-0.25, -0.2) is 0 Å². The predicted molar refractivity (Wildman–Crippen MR) is 64.2 cm³/mol. The number of carbonyl (C=O) groups excluding carboxylic acids is 1. The molecular weight excluding hydrogens is 204 g/mol. The predicted octanol–water partition coefficient (Wildman–Crippen LogP) is 0.746. The van der Waals surface area contributed by atoms with E-state index in [-0.39, 0.29) is 24.6 Å². The first-order valence-corrected chi connectivity index (χ1v) is 6.23. The minimum atomic E-state index is -0.0325. The quantitative estimate of drug-likeness (QED) is 0.730. The second kappa shape index (κ2) is 6.21. The molecule has 0 spiro atoms. The van der Waals surface area contributed by atoms with E-state index in [1.54, 1.807) is 0 Å². The van der Waals surface area contributed by atoms with Crippen LogP contribution in [-0.2, 0) is 4.79 Å². The number of carbonyl (C=O) groups is 1. The van der Waals surface area contributed by atoms with E-state index < -0.39 is 0 Å². The number of hydrogen-bond acceptors (Lipinski definition) is 3. The summed E-state index contributed by atoms with van der Waals surface area (Å²) in [6, 6.07) is 0.450. The molecule has 1 aliphatic heterocycles. The minimum absolute atomic E-state index is 0.0325. The average Bonchev–Trinajstić information content (AvgIpc) is 2.21. The molecule has 2 unspecified atom stereocenters. The van der Waals surface area contributed by atoms with E-state index in [2.05, 4.69) is 19.2 Å². The van der Waals surface area contributed by atoms with Crippen molar-refractivity contribution in [3.05, 3.63) is 0 Å². The van der Waals surface area contributed by atoms with Crippen LogP contribution in [0.2, 0.25) is 0 Å². The normalized spacial score (nSPS) is 23.9. The van der Waals surface area contributed by atoms with Gasteiger partial charge in [0.05, 0.1) is 6.04 Å². The van der Waals surface area contributed by atoms with Crippen LogP contribution in [0.5, 0.6) is 0 Å². The maximum atomic E-state index is 12.2. The van der Waals surface area contributed by atoms with Gasteiger partial charge in [0, 0.05) is 25.2 Å². The molecule has 1 aliphatic rings. The molecule has 4 heteroatoms. The van der Waals surface area contributed by atoms with Crippen molar-refractivity contribution in [3.8, 4) is 0 Å². The Bertz CT molecular complexity index is 231. The molecule has 1 heterocycles. The van der Waals surface area contributed by atoms with Gasteiger partial charge in [-0.3, -0.25) is 4.79 Å². The highest BCUT2D eigenvalue weighted by molar-refractivity contribution is 5.82. The molecule has 2 atom stereocenters. The third kappa shape index (κ3) is 3.46. The van der Waals surface area contributed by atoms with E-state index in [0.29, 0.717) is 12.5 Å². The largest absolute Gasteiger partial charge is 0.396 e. The zero-order valence-electron chi connectivity index (χ0n) is 10.6. The van der Waals surface area contributed by atoms with Crippen LogP contribution in [-0.4, -0.2) is 47.2 Å². The molecule has 0 radical (unpaired) electrons. The highest BCUT2D eigenvalue weighted by Crippen LogP contribution is 2.16. The molecule has 1 fully saturated rings. The summed E-state index contributed by atoms with van der Waals surface area (Å²) >= 11 is 0. The van der Waals surface area contributed by atoms with Crippen molar-refractivity contribution in [2.45, 2.75) is 58.2 Å². The van der Waals surface area contributed by atoms with E-state index in [1.807, 2.05) is 11.8 Å². The first-order chi connectivity index (χ1) is 7.56. The highest BCUT2D eigenvalue weighted by atomic mass is 16.3.